The van der Waals surface area contributed by atoms with Gasteiger partial charge >= 0.3 is 0 Å². The van der Waals surface area contributed by atoms with Crippen molar-refractivity contribution >= 4 is 12.6 Å². The predicted molar refractivity (Wildman–Crippen MR) is 68.0 cm³/mol. The molecule has 1 aromatic carbocycles. The van der Waals surface area contributed by atoms with Gasteiger partial charge in [-0.15, -0.1) is 0 Å². The van der Waals surface area contributed by atoms with E-state index in [0.29, 0.717) is 0 Å². The molecular formula is C12H20F3S. The smallest absolute Gasteiger partial charge is 0.0409 e. The molecule has 1 rings (SSSR count). The SMILES string of the molecule is Cc1c([S])ccc(C(C)(C)C)c1C.F.F.F. The fourth-order valence-electron chi connectivity index (χ4n) is 1.61. The van der Waals surface area contributed by atoms with Gasteiger partial charge in [0.1, 0.15) is 0 Å². The van der Waals surface area contributed by atoms with Crippen molar-refractivity contribution in [2.24, 2.45) is 0 Å². The third-order valence-corrected chi connectivity index (χ3v) is 2.99. The number of rotatable bonds is 0. The molecule has 1 radical (unpaired) electrons. The lowest BCUT2D eigenvalue weighted by atomic mass is 9.83. The Morgan fingerprint density at radius 3 is 1.69 bits per heavy atom. The van der Waals surface area contributed by atoms with Gasteiger partial charge < -0.3 is 0 Å². The van der Waals surface area contributed by atoms with Crippen molar-refractivity contribution < 1.29 is 14.1 Å². The van der Waals surface area contributed by atoms with E-state index in [1.165, 1.54) is 16.7 Å². The van der Waals surface area contributed by atoms with Crippen molar-refractivity contribution in [3.05, 3.63) is 28.8 Å². The van der Waals surface area contributed by atoms with Crippen molar-refractivity contribution in [2.45, 2.75) is 44.9 Å². The van der Waals surface area contributed by atoms with Crippen LogP contribution in [-0.4, -0.2) is 0 Å². The molecular weight excluding hydrogens is 233 g/mol. The first-order valence-electron chi connectivity index (χ1n) is 4.61. The lowest BCUT2D eigenvalue weighted by Gasteiger charge is -2.23. The van der Waals surface area contributed by atoms with Crippen molar-refractivity contribution in [3.8, 4) is 0 Å². The second kappa shape index (κ2) is 6.74. The predicted octanol–water partition coefficient (Wildman–Crippen LogP) is 4.61. The van der Waals surface area contributed by atoms with Crippen LogP contribution in [0.5, 0.6) is 0 Å². The number of hydrogen-bond acceptors (Lipinski definition) is 0. The van der Waals surface area contributed by atoms with Crippen LogP contribution in [0.2, 0.25) is 0 Å². The molecule has 0 aliphatic heterocycles. The molecule has 0 unspecified atom stereocenters. The molecule has 0 heterocycles. The van der Waals surface area contributed by atoms with E-state index < -0.39 is 0 Å². The summed E-state index contributed by atoms with van der Waals surface area (Å²) >= 11 is 5.22. The van der Waals surface area contributed by atoms with Crippen LogP contribution in [-0.2, 0) is 5.41 Å². The molecule has 0 amide bonds. The van der Waals surface area contributed by atoms with E-state index in [1.807, 2.05) is 6.07 Å². The molecule has 95 valence electrons. The quantitative estimate of drug-likeness (QED) is 0.633. The fraction of sp³-hybridized carbons (Fsp3) is 0.500. The Hall–Kier alpha value is -0.770. The van der Waals surface area contributed by atoms with Gasteiger partial charge in [0.2, 0.25) is 0 Å². The largest absolute Gasteiger partial charge is 0.269 e. The minimum Gasteiger partial charge on any atom is -0.269 e. The molecule has 0 bridgehead atoms. The highest BCUT2D eigenvalue weighted by molar-refractivity contribution is 7.80. The summed E-state index contributed by atoms with van der Waals surface area (Å²) in [6, 6.07) is 4.20. The molecule has 0 spiro atoms. The van der Waals surface area contributed by atoms with E-state index in [2.05, 4.69) is 40.7 Å². The zero-order valence-electron chi connectivity index (χ0n) is 10.3. The Balaban J connectivity index is -0.000000563. The normalized spacial score (nSPS) is 9.56. The van der Waals surface area contributed by atoms with Crippen LogP contribution in [0.25, 0.3) is 0 Å². The van der Waals surface area contributed by atoms with Crippen molar-refractivity contribution in [1.82, 2.24) is 0 Å². The van der Waals surface area contributed by atoms with Gasteiger partial charge in [-0.3, -0.25) is 14.1 Å². The third kappa shape index (κ3) is 4.00. The Bertz CT molecular complexity index is 330. The van der Waals surface area contributed by atoms with Crippen LogP contribution in [0.3, 0.4) is 0 Å². The van der Waals surface area contributed by atoms with E-state index in [-0.39, 0.29) is 19.5 Å². The summed E-state index contributed by atoms with van der Waals surface area (Å²) in [6.45, 7) is 11.0. The molecule has 16 heavy (non-hydrogen) atoms. The third-order valence-electron chi connectivity index (χ3n) is 2.55. The lowest BCUT2D eigenvalue weighted by Crippen LogP contribution is -2.13. The van der Waals surface area contributed by atoms with Crippen molar-refractivity contribution in [3.63, 3.8) is 0 Å². The van der Waals surface area contributed by atoms with Crippen LogP contribution in [0.4, 0.5) is 14.1 Å². The molecule has 0 atom stereocenters. The van der Waals surface area contributed by atoms with Gasteiger partial charge in [0.05, 0.1) is 0 Å². The Morgan fingerprint density at radius 2 is 1.31 bits per heavy atom. The molecule has 0 nitrogen and oxygen atoms in total. The Morgan fingerprint density at radius 1 is 0.875 bits per heavy atom. The summed E-state index contributed by atoms with van der Waals surface area (Å²) in [4.78, 5) is 0.977. The maximum Gasteiger partial charge on any atom is 0.0409 e. The average Bonchev–Trinajstić information content (AvgIpc) is 1.98. The molecule has 0 saturated heterocycles. The van der Waals surface area contributed by atoms with Crippen LogP contribution in [0, 0.1) is 13.8 Å². The number of hydrogen-bond donors (Lipinski definition) is 0. The fourth-order valence-corrected chi connectivity index (χ4v) is 1.83. The maximum absolute atomic E-state index is 5.22. The van der Waals surface area contributed by atoms with Gasteiger partial charge in [-0.05, 0) is 42.0 Å². The minimum absolute atomic E-state index is 0. The molecule has 0 aromatic heterocycles. The first-order chi connectivity index (χ1) is 5.84. The summed E-state index contributed by atoms with van der Waals surface area (Å²) in [5, 5.41) is 0. The summed E-state index contributed by atoms with van der Waals surface area (Å²) in [7, 11) is 0. The highest BCUT2D eigenvalue weighted by Gasteiger charge is 2.17. The Labute approximate surface area is 101 Å². The highest BCUT2D eigenvalue weighted by atomic mass is 32.1. The maximum atomic E-state index is 5.22. The molecule has 0 N–H and O–H groups in total. The van der Waals surface area contributed by atoms with Crippen molar-refractivity contribution in [1.29, 1.82) is 0 Å². The zero-order chi connectivity index (χ0) is 10.2. The van der Waals surface area contributed by atoms with Gasteiger partial charge in [-0.1, -0.05) is 39.5 Å². The Kier molecular flexibility index (Phi) is 8.68. The van der Waals surface area contributed by atoms with E-state index in [9.17, 15) is 0 Å². The van der Waals surface area contributed by atoms with Crippen molar-refractivity contribution in [2.75, 3.05) is 0 Å². The van der Waals surface area contributed by atoms with Crippen LogP contribution < -0.4 is 0 Å². The molecule has 4 heteroatoms. The summed E-state index contributed by atoms with van der Waals surface area (Å²) < 4.78 is 0. The summed E-state index contributed by atoms with van der Waals surface area (Å²) in [6.07, 6.45) is 0. The molecule has 0 fully saturated rings. The zero-order valence-corrected chi connectivity index (χ0v) is 11.1. The standard InChI is InChI=1S/C12H17S.3FH/c1-8-9(2)11(13)7-6-10(8)12(3,4)5;;;/h6-7H,1-5H3;3*1H. The number of benzene rings is 1. The summed E-state index contributed by atoms with van der Waals surface area (Å²) in [5.41, 5.74) is 4.22. The van der Waals surface area contributed by atoms with Gasteiger partial charge in [-0.25, -0.2) is 0 Å². The van der Waals surface area contributed by atoms with Gasteiger partial charge in [-0.2, -0.15) is 0 Å². The first kappa shape index (κ1) is 20.6. The van der Waals surface area contributed by atoms with E-state index in [0.717, 1.165) is 4.90 Å². The lowest BCUT2D eigenvalue weighted by molar-refractivity contribution is 0.584. The van der Waals surface area contributed by atoms with Gasteiger partial charge in [0, 0.05) is 4.90 Å². The topological polar surface area (TPSA) is 0 Å². The second-order valence-corrected chi connectivity index (χ2v) is 5.05. The first-order valence-corrected chi connectivity index (χ1v) is 5.02. The molecule has 0 aliphatic rings. The average molecular weight is 253 g/mol. The number of halogens is 3. The van der Waals surface area contributed by atoms with Crippen LogP contribution >= 0.6 is 12.6 Å². The van der Waals surface area contributed by atoms with Gasteiger partial charge in [0.15, 0.2) is 0 Å². The monoisotopic (exact) mass is 253 g/mol. The van der Waals surface area contributed by atoms with Gasteiger partial charge in [0.25, 0.3) is 0 Å². The van der Waals surface area contributed by atoms with E-state index in [4.69, 9.17) is 12.6 Å². The van der Waals surface area contributed by atoms with E-state index >= 15 is 0 Å². The molecule has 1 aromatic rings. The molecule has 0 saturated carbocycles. The summed E-state index contributed by atoms with van der Waals surface area (Å²) in [5.74, 6) is 0. The molecule has 0 aliphatic carbocycles. The highest BCUT2D eigenvalue weighted by Crippen LogP contribution is 2.29. The minimum atomic E-state index is 0. The second-order valence-electron chi connectivity index (χ2n) is 4.61. The van der Waals surface area contributed by atoms with Crippen LogP contribution in [0.1, 0.15) is 37.5 Å². The van der Waals surface area contributed by atoms with E-state index in [1.54, 1.807) is 0 Å². The van der Waals surface area contributed by atoms with Crippen LogP contribution in [0.15, 0.2) is 17.0 Å².